The number of hydrogen-bond acceptors (Lipinski definition) is 1. The van der Waals surface area contributed by atoms with Gasteiger partial charge in [-0.1, -0.05) is 37.6 Å². The minimum atomic E-state index is 0.290. The Morgan fingerprint density at radius 2 is 1.79 bits per heavy atom. The Bertz CT molecular complexity index is 365. The summed E-state index contributed by atoms with van der Waals surface area (Å²) in [6, 6.07) is 6.99. The normalized spacial score (nSPS) is 28.9. The summed E-state index contributed by atoms with van der Waals surface area (Å²) in [5.41, 5.74) is 10.5. The van der Waals surface area contributed by atoms with Crippen molar-refractivity contribution in [1.82, 2.24) is 0 Å². The summed E-state index contributed by atoms with van der Waals surface area (Å²) in [5.74, 6) is 0.558. The molecule has 0 aromatic heterocycles. The molecule has 1 saturated carbocycles. The van der Waals surface area contributed by atoms with E-state index in [9.17, 15) is 0 Å². The van der Waals surface area contributed by atoms with E-state index < -0.39 is 0 Å². The van der Waals surface area contributed by atoms with Crippen molar-refractivity contribution in [2.75, 3.05) is 0 Å². The molecule has 2 N–H and O–H groups in total. The van der Waals surface area contributed by atoms with Crippen LogP contribution in [0.2, 0.25) is 0 Å². The zero-order chi connectivity index (χ0) is 10.5. The Balaban J connectivity index is 2.39. The Hall–Kier alpha value is -0.820. The molecule has 1 heteroatoms. The largest absolute Gasteiger partial charge is 0.327 e. The van der Waals surface area contributed by atoms with Gasteiger partial charge in [0.1, 0.15) is 0 Å². The maximum Gasteiger partial charge on any atom is 0.0172 e. The fourth-order valence-electron chi connectivity index (χ4n) is 2.37. The molecule has 76 valence electrons. The Kier molecular flexibility index (Phi) is 1.97. The quantitative estimate of drug-likeness (QED) is 0.722. The van der Waals surface area contributed by atoms with E-state index in [0.29, 0.717) is 17.4 Å². The Morgan fingerprint density at radius 1 is 1.21 bits per heavy atom. The highest BCUT2D eigenvalue weighted by Crippen LogP contribution is 2.57. The van der Waals surface area contributed by atoms with Crippen LogP contribution in [0, 0.1) is 19.3 Å². The first-order valence-corrected chi connectivity index (χ1v) is 5.27. The van der Waals surface area contributed by atoms with Crippen LogP contribution in [0.15, 0.2) is 18.2 Å². The summed E-state index contributed by atoms with van der Waals surface area (Å²) < 4.78 is 0. The Labute approximate surface area is 86.3 Å². The summed E-state index contributed by atoms with van der Waals surface area (Å²) in [6.07, 6.45) is 0. The highest BCUT2D eigenvalue weighted by Gasteiger charge is 2.56. The van der Waals surface area contributed by atoms with Crippen molar-refractivity contribution < 1.29 is 0 Å². The van der Waals surface area contributed by atoms with Gasteiger partial charge in [-0.3, -0.25) is 0 Å². The zero-order valence-electron chi connectivity index (χ0n) is 9.46. The van der Waals surface area contributed by atoms with E-state index in [0.717, 1.165) is 0 Å². The average molecular weight is 189 g/mol. The van der Waals surface area contributed by atoms with Crippen molar-refractivity contribution in [1.29, 1.82) is 0 Å². The van der Waals surface area contributed by atoms with Crippen LogP contribution < -0.4 is 5.73 Å². The molecule has 0 bridgehead atoms. The maximum absolute atomic E-state index is 6.10. The molecule has 0 saturated heterocycles. The molecule has 14 heavy (non-hydrogen) atoms. The van der Waals surface area contributed by atoms with Crippen molar-refractivity contribution >= 4 is 0 Å². The summed E-state index contributed by atoms with van der Waals surface area (Å²) in [7, 11) is 0. The van der Waals surface area contributed by atoms with E-state index in [1.54, 1.807) is 0 Å². The Morgan fingerprint density at radius 3 is 2.29 bits per heavy atom. The van der Waals surface area contributed by atoms with Crippen molar-refractivity contribution in [3.63, 3.8) is 0 Å². The summed E-state index contributed by atoms with van der Waals surface area (Å²) >= 11 is 0. The van der Waals surface area contributed by atoms with Crippen LogP contribution in [0.5, 0.6) is 0 Å². The van der Waals surface area contributed by atoms with Crippen LogP contribution in [0.25, 0.3) is 0 Å². The van der Waals surface area contributed by atoms with Crippen LogP contribution in [0.3, 0.4) is 0 Å². The van der Waals surface area contributed by atoms with Gasteiger partial charge < -0.3 is 5.73 Å². The van der Waals surface area contributed by atoms with Crippen LogP contribution in [-0.2, 0) is 0 Å². The molecule has 2 atom stereocenters. The molecule has 0 spiro atoms. The SMILES string of the molecule is Cc1ccc(C)c([C@@H]2[C@@H](N)C2(C)C)c1. The summed E-state index contributed by atoms with van der Waals surface area (Å²) in [5, 5.41) is 0. The van der Waals surface area contributed by atoms with Crippen molar-refractivity contribution in [2.24, 2.45) is 11.1 Å². The summed E-state index contributed by atoms with van der Waals surface area (Å²) in [4.78, 5) is 0. The van der Waals surface area contributed by atoms with E-state index >= 15 is 0 Å². The molecule has 1 aliphatic carbocycles. The van der Waals surface area contributed by atoms with E-state index in [4.69, 9.17) is 5.73 Å². The molecule has 0 heterocycles. The monoisotopic (exact) mass is 189 g/mol. The fraction of sp³-hybridized carbons (Fsp3) is 0.538. The first-order valence-electron chi connectivity index (χ1n) is 5.27. The third kappa shape index (κ3) is 1.27. The van der Waals surface area contributed by atoms with Gasteiger partial charge in [0, 0.05) is 12.0 Å². The van der Waals surface area contributed by atoms with Crippen LogP contribution in [-0.4, -0.2) is 6.04 Å². The average Bonchev–Trinajstić information content (AvgIpc) is 2.58. The minimum Gasteiger partial charge on any atom is -0.327 e. The van der Waals surface area contributed by atoms with Gasteiger partial charge in [0.25, 0.3) is 0 Å². The fourth-order valence-corrected chi connectivity index (χ4v) is 2.37. The highest BCUT2D eigenvalue weighted by atomic mass is 14.8. The molecule has 1 nitrogen and oxygen atoms in total. The number of aryl methyl sites for hydroxylation is 2. The van der Waals surface area contributed by atoms with Crippen molar-refractivity contribution in [2.45, 2.75) is 39.7 Å². The molecule has 1 aliphatic rings. The molecule has 0 amide bonds. The van der Waals surface area contributed by atoms with E-state index in [1.165, 1.54) is 16.7 Å². The first-order chi connectivity index (χ1) is 6.44. The molecule has 2 rings (SSSR count). The lowest BCUT2D eigenvalue weighted by atomic mass is 9.97. The maximum atomic E-state index is 6.10. The minimum absolute atomic E-state index is 0.290. The standard InChI is InChI=1S/C13H19N/c1-8-5-6-9(2)10(7-8)11-12(14)13(11,3)4/h5-7,11-12H,14H2,1-4H3/t11-,12-/m1/s1. The second kappa shape index (κ2) is 2.83. The van der Waals surface area contributed by atoms with Gasteiger partial charge in [0.05, 0.1) is 0 Å². The van der Waals surface area contributed by atoms with Crippen LogP contribution in [0.1, 0.15) is 36.5 Å². The lowest BCUT2D eigenvalue weighted by molar-refractivity contribution is 0.598. The molecule has 1 fully saturated rings. The first kappa shape index (κ1) is 9.72. The van der Waals surface area contributed by atoms with E-state index in [-0.39, 0.29) is 0 Å². The third-order valence-corrected chi connectivity index (χ3v) is 3.68. The third-order valence-electron chi connectivity index (χ3n) is 3.68. The smallest absolute Gasteiger partial charge is 0.0172 e. The number of benzene rings is 1. The number of hydrogen-bond donors (Lipinski definition) is 1. The lowest BCUT2D eigenvalue weighted by Gasteiger charge is -2.08. The predicted molar refractivity (Wildman–Crippen MR) is 60.4 cm³/mol. The van der Waals surface area contributed by atoms with Gasteiger partial charge >= 0.3 is 0 Å². The van der Waals surface area contributed by atoms with Crippen molar-refractivity contribution in [3.05, 3.63) is 34.9 Å². The molecule has 0 aliphatic heterocycles. The van der Waals surface area contributed by atoms with E-state index in [1.807, 2.05) is 0 Å². The molecular formula is C13H19N. The predicted octanol–water partition coefficient (Wildman–Crippen LogP) is 2.75. The summed E-state index contributed by atoms with van der Waals surface area (Å²) in [6.45, 7) is 8.83. The molecule has 1 aromatic carbocycles. The second-order valence-corrected chi connectivity index (χ2v) is 5.18. The van der Waals surface area contributed by atoms with E-state index in [2.05, 4.69) is 45.9 Å². The van der Waals surface area contributed by atoms with Gasteiger partial charge in [-0.15, -0.1) is 0 Å². The number of nitrogens with two attached hydrogens (primary N) is 1. The molecule has 1 aromatic rings. The van der Waals surface area contributed by atoms with Gasteiger partial charge in [-0.2, -0.15) is 0 Å². The van der Waals surface area contributed by atoms with Crippen LogP contribution >= 0.6 is 0 Å². The van der Waals surface area contributed by atoms with Gasteiger partial charge in [0.15, 0.2) is 0 Å². The molecule has 0 radical (unpaired) electrons. The highest BCUT2D eigenvalue weighted by molar-refractivity contribution is 5.41. The number of rotatable bonds is 1. The lowest BCUT2D eigenvalue weighted by Crippen LogP contribution is -2.06. The topological polar surface area (TPSA) is 26.0 Å². The van der Waals surface area contributed by atoms with Gasteiger partial charge in [-0.25, -0.2) is 0 Å². The van der Waals surface area contributed by atoms with Gasteiger partial charge in [0.2, 0.25) is 0 Å². The van der Waals surface area contributed by atoms with Crippen LogP contribution in [0.4, 0.5) is 0 Å². The van der Waals surface area contributed by atoms with Crippen molar-refractivity contribution in [3.8, 4) is 0 Å². The zero-order valence-corrected chi connectivity index (χ0v) is 9.46. The van der Waals surface area contributed by atoms with Gasteiger partial charge in [-0.05, 0) is 30.4 Å². The molecule has 0 unspecified atom stereocenters. The molecular weight excluding hydrogens is 170 g/mol. The second-order valence-electron chi connectivity index (χ2n) is 5.18.